The minimum Gasteiger partial charge on any atom is -0.478 e. The van der Waals surface area contributed by atoms with E-state index >= 15 is 0 Å². The number of carboxylic acids is 1. The third-order valence-electron chi connectivity index (χ3n) is 3.52. The number of hydrogen-bond acceptors (Lipinski definition) is 3. The van der Waals surface area contributed by atoms with Gasteiger partial charge in [-0.3, -0.25) is 0 Å². The van der Waals surface area contributed by atoms with Gasteiger partial charge in [0.15, 0.2) is 0 Å². The Kier molecular flexibility index (Phi) is 4.74. The Morgan fingerprint density at radius 1 is 1.35 bits per heavy atom. The summed E-state index contributed by atoms with van der Waals surface area (Å²) in [4.78, 5) is 17.8. The Bertz CT molecular complexity index is 592. The van der Waals surface area contributed by atoms with Gasteiger partial charge in [0, 0.05) is 13.1 Å². The number of fused-ring (bicyclic) bond motifs is 1. The first kappa shape index (κ1) is 14.5. The maximum absolute atomic E-state index is 11.2. The van der Waals surface area contributed by atoms with Crippen LogP contribution >= 0.6 is 0 Å². The fourth-order valence-corrected chi connectivity index (χ4v) is 2.43. The summed E-state index contributed by atoms with van der Waals surface area (Å²) in [5, 5.41) is 9.16. The van der Waals surface area contributed by atoms with E-state index < -0.39 is 5.97 Å². The fourth-order valence-electron chi connectivity index (χ4n) is 2.43. The maximum Gasteiger partial charge on any atom is 0.337 e. The molecule has 0 bridgehead atoms. The summed E-state index contributed by atoms with van der Waals surface area (Å²) in [5.74, 6) is -0.929. The molecule has 0 unspecified atom stereocenters. The average Bonchev–Trinajstić information content (AvgIpc) is 2.86. The first-order valence-electron chi connectivity index (χ1n) is 7.06. The molecule has 5 nitrogen and oxygen atoms in total. The van der Waals surface area contributed by atoms with Gasteiger partial charge in [-0.1, -0.05) is 19.9 Å². The number of nitrogens with zero attached hydrogens (tertiary/aromatic N) is 3. The largest absolute Gasteiger partial charge is 0.478 e. The monoisotopic (exact) mass is 275 g/mol. The number of aromatic nitrogens is 2. The molecule has 1 aromatic heterocycles. The topological polar surface area (TPSA) is 58.4 Å². The Morgan fingerprint density at radius 2 is 2.15 bits per heavy atom. The molecule has 0 amide bonds. The molecule has 0 aliphatic carbocycles. The minimum absolute atomic E-state index is 0.266. The summed E-state index contributed by atoms with van der Waals surface area (Å²) in [5.41, 5.74) is 1.72. The lowest BCUT2D eigenvalue weighted by molar-refractivity contribution is 0.0699. The molecule has 5 heteroatoms. The van der Waals surface area contributed by atoms with Gasteiger partial charge in [-0.25, -0.2) is 9.78 Å². The standard InChI is InChI=1S/C15H21N3O2/c1-3-8-17(4-2)9-10-18-11-16-14-12(15(19)20)6-5-7-13(14)18/h5-7,11H,3-4,8-10H2,1-2H3,(H,19,20). The highest BCUT2D eigenvalue weighted by Crippen LogP contribution is 2.17. The van der Waals surface area contributed by atoms with Crippen LogP contribution in [0, 0.1) is 0 Å². The Balaban J connectivity index is 2.19. The lowest BCUT2D eigenvalue weighted by Crippen LogP contribution is -2.27. The molecule has 0 fully saturated rings. The predicted molar refractivity (Wildman–Crippen MR) is 79.1 cm³/mol. The van der Waals surface area contributed by atoms with Gasteiger partial charge in [0.1, 0.15) is 5.52 Å². The van der Waals surface area contributed by atoms with Gasteiger partial charge in [-0.2, -0.15) is 0 Å². The zero-order valence-corrected chi connectivity index (χ0v) is 12.0. The number of likely N-dealkylation sites (N-methyl/N-ethyl adjacent to an activating group) is 1. The number of carboxylic acid groups (broad SMARTS) is 1. The van der Waals surface area contributed by atoms with Gasteiger partial charge in [0.05, 0.1) is 17.4 Å². The van der Waals surface area contributed by atoms with Crippen LogP contribution in [0.3, 0.4) is 0 Å². The number of aromatic carboxylic acids is 1. The van der Waals surface area contributed by atoms with Crippen LogP contribution in [-0.4, -0.2) is 45.2 Å². The molecule has 1 N–H and O–H groups in total. The van der Waals surface area contributed by atoms with E-state index in [1.807, 2.05) is 10.6 Å². The number of imidazole rings is 1. The highest BCUT2D eigenvalue weighted by Gasteiger charge is 2.12. The van der Waals surface area contributed by atoms with Gasteiger partial charge in [0.2, 0.25) is 0 Å². The van der Waals surface area contributed by atoms with Crippen molar-refractivity contribution >= 4 is 17.0 Å². The Morgan fingerprint density at radius 3 is 2.80 bits per heavy atom. The van der Waals surface area contributed by atoms with Crippen molar-refractivity contribution in [2.45, 2.75) is 26.8 Å². The van der Waals surface area contributed by atoms with Crippen LogP contribution in [0.5, 0.6) is 0 Å². The molecule has 0 radical (unpaired) electrons. The number of hydrogen-bond donors (Lipinski definition) is 1. The second-order valence-electron chi connectivity index (χ2n) is 4.85. The number of para-hydroxylation sites is 1. The zero-order chi connectivity index (χ0) is 14.5. The van der Waals surface area contributed by atoms with Gasteiger partial charge < -0.3 is 14.6 Å². The van der Waals surface area contributed by atoms with Crippen LogP contribution in [0.1, 0.15) is 30.6 Å². The lowest BCUT2D eigenvalue weighted by atomic mass is 10.2. The van der Waals surface area contributed by atoms with Gasteiger partial charge >= 0.3 is 5.97 Å². The van der Waals surface area contributed by atoms with Gasteiger partial charge in [-0.15, -0.1) is 0 Å². The zero-order valence-electron chi connectivity index (χ0n) is 12.0. The van der Waals surface area contributed by atoms with Crippen LogP contribution in [0.4, 0.5) is 0 Å². The van der Waals surface area contributed by atoms with Gasteiger partial charge in [0.25, 0.3) is 0 Å². The summed E-state index contributed by atoms with van der Waals surface area (Å²) in [6.07, 6.45) is 2.87. The third-order valence-corrected chi connectivity index (χ3v) is 3.52. The average molecular weight is 275 g/mol. The summed E-state index contributed by atoms with van der Waals surface area (Å²) in [6.45, 7) is 8.23. The van der Waals surface area contributed by atoms with E-state index in [0.29, 0.717) is 5.52 Å². The Hall–Kier alpha value is -1.88. The van der Waals surface area contributed by atoms with Crippen molar-refractivity contribution in [3.63, 3.8) is 0 Å². The molecule has 0 aliphatic rings. The molecular weight excluding hydrogens is 254 g/mol. The number of rotatable bonds is 7. The molecule has 0 aliphatic heterocycles. The minimum atomic E-state index is -0.929. The second-order valence-corrected chi connectivity index (χ2v) is 4.85. The van der Waals surface area contributed by atoms with Crippen LogP contribution < -0.4 is 0 Å². The molecule has 108 valence electrons. The smallest absolute Gasteiger partial charge is 0.337 e. The molecule has 2 aromatic rings. The lowest BCUT2D eigenvalue weighted by Gasteiger charge is -2.19. The van der Waals surface area contributed by atoms with E-state index in [9.17, 15) is 4.79 Å². The van der Waals surface area contributed by atoms with Crippen molar-refractivity contribution in [1.29, 1.82) is 0 Å². The van der Waals surface area contributed by atoms with Crippen molar-refractivity contribution in [3.8, 4) is 0 Å². The third kappa shape index (κ3) is 2.99. The summed E-state index contributed by atoms with van der Waals surface area (Å²) in [7, 11) is 0. The number of carbonyl (C=O) groups is 1. The molecule has 2 rings (SSSR count). The van der Waals surface area contributed by atoms with E-state index in [4.69, 9.17) is 5.11 Å². The molecule has 0 saturated heterocycles. The molecule has 0 saturated carbocycles. The van der Waals surface area contributed by atoms with E-state index in [1.54, 1.807) is 18.5 Å². The number of benzene rings is 1. The quantitative estimate of drug-likeness (QED) is 0.843. The van der Waals surface area contributed by atoms with E-state index in [0.717, 1.165) is 38.1 Å². The normalized spacial score (nSPS) is 11.3. The molecule has 0 atom stereocenters. The van der Waals surface area contributed by atoms with Crippen molar-refractivity contribution in [1.82, 2.24) is 14.5 Å². The first-order chi connectivity index (χ1) is 9.67. The van der Waals surface area contributed by atoms with Crippen LogP contribution in [-0.2, 0) is 6.54 Å². The van der Waals surface area contributed by atoms with E-state index in [2.05, 4.69) is 23.7 Å². The molecule has 0 spiro atoms. The Labute approximate surface area is 118 Å². The van der Waals surface area contributed by atoms with Crippen molar-refractivity contribution in [2.75, 3.05) is 19.6 Å². The molecule has 20 heavy (non-hydrogen) atoms. The SMILES string of the molecule is CCCN(CC)CCn1cnc2c(C(=O)O)cccc21. The highest BCUT2D eigenvalue weighted by atomic mass is 16.4. The van der Waals surface area contributed by atoms with Gasteiger partial charge in [-0.05, 0) is 31.6 Å². The second kappa shape index (κ2) is 6.52. The maximum atomic E-state index is 11.2. The summed E-state index contributed by atoms with van der Waals surface area (Å²) < 4.78 is 2.03. The molecular formula is C15H21N3O2. The molecule has 1 aromatic carbocycles. The highest BCUT2D eigenvalue weighted by molar-refractivity contribution is 6.00. The van der Waals surface area contributed by atoms with Crippen LogP contribution in [0.15, 0.2) is 24.5 Å². The summed E-state index contributed by atoms with van der Waals surface area (Å²) >= 11 is 0. The van der Waals surface area contributed by atoms with Crippen LogP contribution in [0.25, 0.3) is 11.0 Å². The summed E-state index contributed by atoms with van der Waals surface area (Å²) in [6, 6.07) is 5.29. The van der Waals surface area contributed by atoms with Crippen LogP contribution in [0.2, 0.25) is 0 Å². The predicted octanol–water partition coefficient (Wildman–Crippen LogP) is 2.47. The van der Waals surface area contributed by atoms with Crippen molar-refractivity contribution in [2.24, 2.45) is 0 Å². The van der Waals surface area contributed by atoms with E-state index in [1.165, 1.54) is 0 Å². The van der Waals surface area contributed by atoms with E-state index in [-0.39, 0.29) is 5.56 Å². The fraction of sp³-hybridized carbons (Fsp3) is 0.467. The first-order valence-corrected chi connectivity index (χ1v) is 7.06. The van der Waals surface area contributed by atoms with Crippen molar-refractivity contribution < 1.29 is 9.90 Å². The molecule has 1 heterocycles. The van der Waals surface area contributed by atoms with Crippen molar-refractivity contribution in [3.05, 3.63) is 30.1 Å².